The fourth-order valence-electron chi connectivity index (χ4n) is 1.68. The van der Waals surface area contributed by atoms with E-state index in [1.54, 1.807) is 0 Å². The molecule has 0 aromatic heterocycles. The van der Waals surface area contributed by atoms with Crippen LogP contribution in [0.25, 0.3) is 0 Å². The molecule has 1 saturated carbocycles. The molecule has 0 spiro atoms. The first-order chi connectivity index (χ1) is 8.70. The van der Waals surface area contributed by atoms with Crippen LogP contribution in [0, 0.1) is 5.92 Å². The highest BCUT2D eigenvalue weighted by Crippen LogP contribution is 2.32. The topological polar surface area (TPSA) is 89.3 Å². The molecule has 2 rings (SSSR count). The highest BCUT2D eigenvalue weighted by Gasteiger charge is 2.34. The van der Waals surface area contributed by atoms with Gasteiger partial charge in [0.25, 0.3) is 5.91 Å². The van der Waals surface area contributed by atoms with Gasteiger partial charge < -0.3 is 5.32 Å². The summed E-state index contributed by atoms with van der Waals surface area (Å²) in [5.41, 5.74) is 0.123. The summed E-state index contributed by atoms with van der Waals surface area (Å²) < 4.78 is 22.7. The van der Waals surface area contributed by atoms with Crippen molar-refractivity contribution in [3.8, 4) is 0 Å². The van der Waals surface area contributed by atoms with Crippen LogP contribution in [0.1, 0.15) is 23.7 Å². The largest absolute Gasteiger partial charge is 0.349 e. The van der Waals surface area contributed by atoms with E-state index in [4.69, 9.17) is 28.3 Å². The van der Waals surface area contributed by atoms with E-state index in [1.165, 1.54) is 6.07 Å². The zero-order valence-electron chi connectivity index (χ0n) is 9.98. The van der Waals surface area contributed by atoms with Crippen molar-refractivity contribution in [2.75, 3.05) is 0 Å². The molecule has 5 nitrogen and oxygen atoms in total. The van der Waals surface area contributed by atoms with Gasteiger partial charge in [0, 0.05) is 11.6 Å². The number of nitrogens with one attached hydrogen (secondary N) is 1. The molecule has 2 atom stereocenters. The van der Waals surface area contributed by atoms with Gasteiger partial charge in [-0.05, 0) is 24.5 Å². The molecule has 0 bridgehead atoms. The van der Waals surface area contributed by atoms with Crippen LogP contribution >= 0.6 is 23.2 Å². The van der Waals surface area contributed by atoms with Crippen molar-refractivity contribution >= 4 is 39.1 Å². The first-order valence-electron chi connectivity index (χ1n) is 5.53. The van der Waals surface area contributed by atoms with Crippen LogP contribution in [0.2, 0.25) is 10.0 Å². The molecule has 19 heavy (non-hydrogen) atoms. The van der Waals surface area contributed by atoms with E-state index in [0.717, 1.165) is 12.5 Å². The number of amides is 1. The molecule has 1 aromatic rings. The van der Waals surface area contributed by atoms with Crippen LogP contribution in [0.5, 0.6) is 0 Å². The van der Waals surface area contributed by atoms with Crippen molar-refractivity contribution in [1.82, 2.24) is 5.32 Å². The number of hydrogen-bond donors (Lipinski definition) is 2. The molecule has 0 saturated heterocycles. The zero-order valence-corrected chi connectivity index (χ0v) is 12.3. The number of rotatable bonds is 3. The molecule has 104 valence electrons. The molecule has 3 N–H and O–H groups in total. The molecule has 1 amide bonds. The van der Waals surface area contributed by atoms with Gasteiger partial charge in [0.15, 0.2) is 0 Å². The van der Waals surface area contributed by atoms with Crippen molar-refractivity contribution in [3.05, 3.63) is 27.7 Å². The monoisotopic (exact) mass is 322 g/mol. The Bertz CT molecular complexity index is 646. The van der Waals surface area contributed by atoms with E-state index < -0.39 is 15.9 Å². The number of hydrogen-bond acceptors (Lipinski definition) is 3. The Morgan fingerprint density at radius 2 is 2.00 bits per heavy atom. The summed E-state index contributed by atoms with van der Waals surface area (Å²) >= 11 is 11.6. The molecule has 0 radical (unpaired) electrons. The maximum atomic E-state index is 11.9. The Morgan fingerprint density at radius 1 is 1.42 bits per heavy atom. The highest BCUT2D eigenvalue weighted by molar-refractivity contribution is 7.89. The highest BCUT2D eigenvalue weighted by atomic mass is 35.5. The lowest BCUT2D eigenvalue weighted by Crippen LogP contribution is -2.27. The summed E-state index contributed by atoms with van der Waals surface area (Å²) in [5, 5.41) is 7.59. The average Bonchev–Trinajstić information content (AvgIpc) is 2.96. The minimum absolute atomic E-state index is 0.0258. The molecule has 0 aliphatic heterocycles. The van der Waals surface area contributed by atoms with Crippen LogP contribution in [0.4, 0.5) is 0 Å². The third-order valence-corrected chi connectivity index (χ3v) is 4.84. The second-order valence-corrected chi connectivity index (χ2v) is 6.92. The average molecular weight is 323 g/mol. The Morgan fingerprint density at radius 3 is 2.47 bits per heavy atom. The van der Waals surface area contributed by atoms with Gasteiger partial charge in [0.2, 0.25) is 10.0 Å². The third-order valence-electron chi connectivity index (χ3n) is 2.99. The van der Waals surface area contributed by atoms with Crippen LogP contribution in [0.15, 0.2) is 17.0 Å². The molecule has 1 aromatic carbocycles. The van der Waals surface area contributed by atoms with Gasteiger partial charge in [0.05, 0.1) is 10.0 Å². The fourth-order valence-corrected chi connectivity index (χ4v) is 3.03. The number of carbonyl (C=O) groups excluding carboxylic acids is 1. The SMILES string of the molecule is CC1CC1NC(=O)c1cc(Cl)c(Cl)c(S(N)(=O)=O)c1. The van der Waals surface area contributed by atoms with E-state index in [2.05, 4.69) is 5.32 Å². The number of nitrogens with two attached hydrogens (primary N) is 1. The Hall–Kier alpha value is -0.820. The van der Waals surface area contributed by atoms with Crippen LogP contribution in [-0.2, 0) is 10.0 Å². The lowest BCUT2D eigenvalue weighted by atomic mass is 10.2. The van der Waals surface area contributed by atoms with Gasteiger partial charge in [0.1, 0.15) is 4.90 Å². The Kier molecular flexibility index (Phi) is 3.79. The molecule has 0 heterocycles. The minimum Gasteiger partial charge on any atom is -0.349 e. The molecular weight excluding hydrogens is 311 g/mol. The lowest BCUT2D eigenvalue weighted by Gasteiger charge is -2.08. The normalized spacial score (nSPS) is 22.1. The lowest BCUT2D eigenvalue weighted by molar-refractivity contribution is 0.0949. The standard InChI is InChI=1S/C11H12Cl2N2O3S/c1-5-2-8(5)15-11(16)6-3-7(12)10(13)9(4-6)19(14,17)18/h3-5,8H,2H2,1H3,(H,15,16)(H2,14,17,18). The number of halogens is 2. The van der Waals surface area contributed by atoms with Gasteiger partial charge in [-0.25, -0.2) is 13.6 Å². The zero-order chi connectivity index (χ0) is 14.4. The van der Waals surface area contributed by atoms with E-state index in [9.17, 15) is 13.2 Å². The third kappa shape index (κ3) is 3.20. The quantitative estimate of drug-likeness (QED) is 0.888. The summed E-state index contributed by atoms with van der Waals surface area (Å²) in [6.07, 6.45) is 0.912. The molecule has 8 heteroatoms. The predicted molar refractivity (Wildman–Crippen MR) is 72.9 cm³/mol. The van der Waals surface area contributed by atoms with Crippen molar-refractivity contribution in [2.24, 2.45) is 11.1 Å². The maximum absolute atomic E-state index is 11.9. The van der Waals surface area contributed by atoms with Crippen LogP contribution in [-0.4, -0.2) is 20.4 Å². The summed E-state index contributed by atoms with van der Waals surface area (Å²) in [5.74, 6) is 0.0438. The number of sulfonamides is 1. The van der Waals surface area contributed by atoms with Gasteiger partial charge in [-0.15, -0.1) is 0 Å². The smallest absolute Gasteiger partial charge is 0.251 e. The fraction of sp³-hybridized carbons (Fsp3) is 0.364. The van der Waals surface area contributed by atoms with Crippen molar-refractivity contribution in [3.63, 3.8) is 0 Å². The molecule has 1 aliphatic rings. The van der Waals surface area contributed by atoms with Crippen molar-refractivity contribution < 1.29 is 13.2 Å². The van der Waals surface area contributed by atoms with Gasteiger partial charge >= 0.3 is 0 Å². The first-order valence-corrected chi connectivity index (χ1v) is 7.83. The molecule has 1 aliphatic carbocycles. The summed E-state index contributed by atoms with van der Waals surface area (Å²) in [6, 6.07) is 2.58. The second-order valence-electron chi connectivity index (χ2n) is 4.61. The summed E-state index contributed by atoms with van der Waals surface area (Å²) in [4.78, 5) is 11.6. The van der Waals surface area contributed by atoms with Crippen molar-refractivity contribution in [1.29, 1.82) is 0 Å². The van der Waals surface area contributed by atoms with Crippen molar-refractivity contribution in [2.45, 2.75) is 24.3 Å². The summed E-state index contributed by atoms with van der Waals surface area (Å²) in [7, 11) is -4.03. The van der Waals surface area contributed by atoms with Gasteiger partial charge in [-0.1, -0.05) is 30.1 Å². The molecule has 1 fully saturated rings. The predicted octanol–water partition coefficient (Wildman–Crippen LogP) is 1.78. The summed E-state index contributed by atoms with van der Waals surface area (Å²) in [6.45, 7) is 2.01. The van der Waals surface area contributed by atoms with Gasteiger partial charge in [-0.2, -0.15) is 0 Å². The minimum atomic E-state index is -4.03. The molecule has 2 unspecified atom stereocenters. The molecular formula is C11H12Cl2N2O3S. The van der Waals surface area contributed by atoms with Crippen LogP contribution < -0.4 is 10.5 Å². The van der Waals surface area contributed by atoms with E-state index in [1.807, 2.05) is 6.92 Å². The number of benzene rings is 1. The first kappa shape index (κ1) is 14.6. The Labute approximate surface area is 121 Å². The van der Waals surface area contributed by atoms with E-state index in [-0.39, 0.29) is 26.5 Å². The van der Waals surface area contributed by atoms with E-state index in [0.29, 0.717) is 5.92 Å². The van der Waals surface area contributed by atoms with E-state index >= 15 is 0 Å². The van der Waals surface area contributed by atoms with Gasteiger partial charge in [-0.3, -0.25) is 4.79 Å². The number of carbonyl (C=O) groups is 1. The second kappa shape index (κ2) is 4.94. The number of primary sulfonamides is 1. The van der Waals surface area contributed by atoms with Crippen LogP contribution in [0.3, 0.4) is 0 Å². The Balaban J connectivity index is 2.36. The maximum Gasteiger partial charge on any atom is 0.251 e.